The molecule has 1 fully saturated rings. The summed E-state index contributed by atoms with van der Waals surface area (Å²) >= 11 is 0. The largest absolute Gasteiger partial charge is 0.491 e. The Bertz CT molecular complexity index is 401. The van der Waals surface area contributed by atoms with Crippen molar-refractivity contribution in [1.82, 2.24) is 5.32 Å². The van der Waals surface area contributed by atoms with Gasteiger partial charge in [-0.05, 0) is 45.4 Å². The van der Waals surface area contributed by atoms with Gasteiger partial charge in [0.25, 0.3) is 0 Å². The second-order valence-corrected chi connectivity index (χ2v) is 5.74. The van der Waals surface area contributed by atoms with Gasteiger partial charge in [0.05, 0.1) is 17.8 Å². The Morgan fingerprint density at radius 1 is 1.39 bits per heavy atom. The molecule has 0 amide bonds. The molecule has 1 aliphatic rings. The van der Waals surface area contributed by atoms with Gasteiger partial charge in [-0.2, -0.15) is 0 Å². The number of hydrogen-bond donors (Lipinski definition) is 1. The second kappa shape index (κ2) is 5.29. The highest BCUT2D eigenvalue weighted by Crippen LogP contribution is 2.28. The van der Waals surface area contributed by atoms with Gasteiger partial charge in [0.1, 0.15) is 5.75 Å². The molecule has 1 aliphatic heterocycles. The predicted octanol–water partition coefficient (Wildman–Crippen LogP) is 2.91. The molecule has 0 aromatic heterocycles. The van der Waals surface area contributed by atoms with Crippen LogP contribution in [0.4, 0.5) is 0 Å². The average molecular weight is 249 g/mol. The lowest BCUT2D eigenvalue weighted by molar-refractivity contribution is -0.0959. The Kier molecular flexibility index (Phi) is 3.93. The van der Waals surface area contributed by atoms with Crippen LogP contribution in [0.3, 0.4) is 0 Å². The number of rotatable bonds is 3. The summed E-state index contributed by atoms with van der Waals surface area (Å²) < 4.78 is 11.8. The van der Waals surface area contributed by atoms with Crippen LogP contribution in [-0.4, -0.2) is 24.8 Å². The van der Waals surface area contributed by atoms with Crippen LogP contribution in [0.2, 0.25) is 0 Å². The maximum atomic E-state index is 6.10. The average Bonchev–Trinajstić information content (AvgIpc) is 2.27. The van der Waals surface area contributed by atoms with Gasteiger partial charge in [0.2, 0.25) is 0 Å². The molecule has 0 saturated carbocycles. The molecule has 1 aromatic carbocycles. The van der Waals surface area contributed by atoms with E-state index >= 15 is 0 Å². The Labute approximate surface area is 109 Å². The summed E-state index contributed by atoms with van der Waals surface area (Å²) in [5.41, 5.74) is 1.06. The van der Waals surface area contributed by atoms with Crippen LogP contribution in [0.5, 0.6) is 5.75 Å². The second-order valence-electron chi connectivity index (χ2n) is 5.74. The predicted molar refractivity (Wildman–Crippen MR) is 73.0 cm³/mol. The lowest BCUT2D eigenvalue weighted by atomic mass is 10.0. The first-order chi connectivity index (χ1) is 8.46. The molecular formula is C15H23NO2. The molecule has 0 aliphatic carbocycles. The minimum atomic E-state index is -0.113. The SMILES string of the molecule is CC(C)Oc1cccc(C2CNCC(C)(C)O2)c1. The summed E-state index contributed by atoms with van der Waals surface area (Å²) in [6.45, 7) is 10.0. The molecule has 1 saturated heterocycles. The van der Waals surface area contributed by atoms with Gasteiger partial charge in [-0.15, -0.1) is 0 Å². The van der Waals surface area contributed by atoms with Crippen molar-refractivity contribution in [3.8, 4) is 5.75 Å². The molecule has 18 heavy (non-hydrogen) atoms. The van der Waals surface area contributed by atoms with E-state index in [1.54, 1.807) is 0 Å². The van der Waals surface area contributed by atoms with Crippen LogP contribution in [0.15, 0.2) is 24.3 Å². The molecule has 0 radical (unpaired) electrons. The zero-order chi connectivity index (χ0) is 13.2. The van der Waals surface area contributed by atoms with Crippen LogP contribution in [0, 0.1) is 0 Å². The zero-order valence-corrected chi connectivity index (χ0v) is 11.7. The molecule has 3 heteroatoms. The highest BCUT2D eigenvalue weighted by molar-refractivity contribution is 5.30. The van der Waals surface area contributed by atoms with E-state index in [1.165, 1.54) is 5.56 Å². The van der Waals surface area contributed by atoms with Crippen molar-refractivity contribution in [2.75, 3.05) is 13.1 Å². The third-order valence-corrected chi connectivity index (χ3v) is 2.94. The van der Waals surface area contributed by atoms with Crippen LogP contribution in [-0.2, 0) is 4.74 Å². The Balaban J connectivity index is 2.12. The highest BCUT2D eigenvalue weighted by atomic mass is 16.5. The number of hydrogen-bond acceptors (Lipinski definition) is 3. The van der Waals surface area contributed by atoms with Crippen molar-refractivity contribution < 1.29 is 9.47 Å². The lowest BCUT2D eigenvalue weighted by Crippen LogP contribution is -2.46. The first-order valence-corrected chi connectivity index (χ1v) is 6.61. The topological polar surface area (TPSA) is 30.5 Å². The van der Waals surface area contributed by atoms with Crippen molar-refractivity contribution in [2.45, 2.75) is 45.5 Å². The normalized spacial score (nSPS) is 23.1. The molecule has 1 heterocycles. The van der Waals surface area contributed by atoms with Crippen LogP contribution in [0.1, 0.15) is 39.4 Å². The Hall–Kier alpha value is -1.06. The summed E-state index contributed by atoms with van der Waals surface area (Å²) in [6.07, 6.45) is 0.298. The van der Waals surface area contributed by atoms with E-state index in [9.17, 15) is 0 Å². The van der Waals surface area contributed by atoms with Gasteiger partial charge in [-0.1, -0.05) is 12.1 Å². The number of nitrogens with one attached hydrogen (secondary N) is 1. The van der Waals surface area contributed by atoms with E-state index in [0.29, 0.717) is 0 Å². The van der Waals surface area contributed by atoms with Crippen LogP contribution >= 0.6 is 0 Å². The molecule has 0 spiro atoms. The standard InChI is InChI=1S/C15H23NO2/c1-11(2)17-13-7-5-6-12(8-13)14-9-16-10-15(3,4)18-14/h5-8,11,14,16H,9-10H2,1-4H3. The summed E-state index contributed by atoms with van der Waals surface area (Å²) in [5.74, 6) is 0.912. The molecular weight excluding hydrogens is 226 g/mol. The number of ether oxygens (including phenoxy) is 2. The molecule has 2 rings (SSSR count). The van der Waals surface area contributed by atoms with Crippen LogP contribution < -0.4 is 10.1 Å². The number of benzene rings is 1. The summed E-state index contributed by atoms with van der Waals surface area (Å²) in [7, 11) is 0. The number of morpholine rings is 1. The van der Waals surface area contributed by atoms with Crippen molar-refractivity contribution in [2.24, 2.45) is 0 Å². The highest BCUT2D eigenvalue weighted by Gasteiger charge is 2.29. The summed E-state index contributed by atoms with van der Waals surface area (Å²) in [6, 6.07) is 8.19. The van der Waals surface area contributed by atoms with E-state index < -0.39 is 0 Å². The van der Waals surface area contributed by atoms with Gasteiger partial charge >= 0.3 is 0 Å². The Morgan fingerprint density at radius 3 is 2.83 bits per heavy atom. The molecule has 0 bridgehead atoms. The van der Waals surface area contributed by atoms with E-state index in [0.717, 1.165) is 18.8 Å². The van der Waals surface area contributed by atoms with Gasteiger partial charge in [-0.25, -0.2) is 0 Å². The van der Waals surface area contributed by atoms with Crippen molar-refractivity contribution in [3.05, 3.63) is 29.8 Å². The molecule has 1 N–H and O–H groups in total. The fourth-order valence-corrected chi connectivity index (χ4v) is 2.22. The third kappa shape index (κ3) is 3.47. The third-order valence-electron chi connectivity index (χ3n) is 2.94. The van der Waals surface area contributed by atoms with Crippen LogP contribution in [0.25, 0.3) is 0 Å². The van der Waals surface area contributed by atoms with E-state index in [-0.39, 0.29) is 17.8 Å². The first-order valence-electron chi connectivity index (χ1n) is 6.61. The fourth-order valence-electron chi connectivity index (χ4n) is 2.22. The maximum Gasteiger partial charge on any atom is 0.120 e. The lowest BCUT2D eigenvalue weighted by Gasteiger charge is -2.37. The summed E-state index contributed by atoms with van der Waals surface area (Å²) in [5, 5.41) is 3.42. The quantitative estimate of drug-likeness (QED) is 0.893. The minimum Gasteiger partial charge on any atom is -0.491 e. The first kappa shape index (κ1) is 13.4. The molecule has 100 valence electrons. The summed E-state index contributed by atoms with van der Waals surface area (Å²) in [4.78, 5) is 0. The molecule has 1 aromatic rings. The monoisotopic (exact) mass is 249 g/mol. The van der Waals surface area contributed by atoms with Gasteiger partial charge < -0.3 is 14.8 Å². The van der Waals surface area contributed by atoms with Gasteiger partial charge in [0.15, 0.2) is 0 Å². The molecule has 1 unspecified atom stereocenters. The van der Waals surface area contributed by atoms with Crippen molar-refractivity contribution in [3.63, 3.8) is 0 Å². The van der Waals surface area contributed by atoms with E-state index in [4.69, 9.17) is 9.47 Å². The molecule has 3 nitrogen and oxygen atoms in total. The van der Waals surface area contributed by atoms with E-state index in [2.05, 4.69) is 31.3 Å². The minimum absolute atomic E-state index is 0.101. The molecule has 1 atom stereocenters. The fraction of sp³-hybridized carbons (Fsp3) is 0.600. The van der Waals surface area contributed by atoms with Crippen molar-refractivity contribution in [1.29, 1.82) is 0 Å². The van der Waals surface area contributed by atoms with E-state index in [1.807, 2.05) is 26.0 Å². The maximum absolute atomic E-state index is 6.10. The Morgan fingerprint density at radius 2 is 2.17 bits per heavy atom. The van der Waals surface area contributed by atoms with Gasteiger partial charge in [-0.3, -0.25) is 0 Å². The van der Waals surface area contributed by atoms with Gasteiger partial charge in [0, 0.05) is 13.1 Å². The smallest absolute Gasteiger partial charge is 0.120 e. The van der Waals surface area contributed by atoms with Crippen molar-refractivity contribution >= 4 is 0 Å². The zero-order valence-electron chi connectivity index (χ0n) is 11.7.